The first-order chi connectivity index (χ1) is 22.2. The van der Waals surface area contributed by atoms with Gasteiger partial charge in [0.2, 0.25) is 5.95 Å². The van der Waals surface area contributed by atoms with E-state index in [1.807, 2.05) is 11.8 Å². The molecule has 0 spiro atoms. The molecule has 11 nitrogen and oxygen atoms in total. The zero-order valence-electron chi connectivity index (χ0n) is 26.4. The van der Waals surface area contributed by atoms with Crippen molar-refractivity contribution in [2.24, 2.45) is 0 Å². The summed E-state index contributed by atoms with van der Waals surface area (Å²) in [5, 5.41) is 5.83. The van der Waals surface area contributed by atoms with Crippen LogP contribution < -0.4 is 10.6 Å². The summed E-state index contributed by atoms with van der Waals surface area (Å²) >= 11 is 0. The summed E-state index contributed by atoms with van der Waals surface area (Å²) in [4.78, 5) is 45.7. The third-order valence-electron chi connectivity index (χ3n) is 7.35. The first kappa shape index (κ1) is 33.3. The second-order valence-electron chi connectivity index (χ2n) is 12.1. The molecule has 47 heavy (non-hydrogen) atoms. The molecular formula is C33H35F3N8O3. The fraction of sp³-hybridized carbons (Fsp3) is 0.333. The molecule has 1 saturated heterocycles. The Morgan fingerprint density at radius 2 is 1.68 bits per heavy atom. The van der Waals surface area contributed by atoms with E-state index in [1.165, 1.54) is 18.5 Å². The Hall–Kier alpha value is -5.11. The Labute approximate surface area is 270 Å². The van der Waals surface area contributed by atoms with Crippen molar-refractivity contribution in [2.75, 3.05) is 36.8 Å². The number of aromatic nitrogens is 4. The monoisotopic (exact) mass is 648 g/mol. The van der Waals surface area contributed by atoms with Crippen LogP contribution in [0.2, 0.25) is 0 Å². The van der Waals surface area contributed by atoms with E-state index in [2.05, 4.69) is 30.6 Å². The average Bonchev–Trinajstić information content (AvgIpc) is 3.02. The van der Waals surface area contributed by atoms with E-state index in [1.54, 1.807) is 68.5 Å². The molecule has 3 heterocycles. The number of piperazine rings is 1. The van der Waals surface area contributed by atoms with Gasteiger partial charge in [0.25, 0.3) is 5.91 Å². The summed E-state index contributed by atoms with van der Waals surface area (Å²) in [5.41, 5.74) is 1.51. The van der Waals surface area contributed by atoms with E-state index in [-0.39, 0.29) is 17.7 Å². The van der Waals surface area contributed by atoms with Gasteiger partial charge in [0.1, 0.15) is 11.9 Å². The molecule has 0 unspecified atom stereocenters. The van der Waals surface area contributed by atoms with Crippen LogP contribution in [0.3, 0.4) is 0 Å². The van der Waals surface area contributed by atoms with E-state index < -0.39 is 29.3 Å². The summed E-state index contributed by atoms with van der Waals surface area (Å²) in [6, 6.07) is 10.4. The van der Waals surface area contributed by atoms with Crippen molar-refractivity contribution in [1.82, 2.24) is 29.7 Å². The van der Waals surface area contributed by atoms with Gasteiger partial charge in [0.15, 0.2) is 0 Å². The molecule has 0 atom stereocenters. The Balaban J connectivity index is 1.26. The first-order valence-corrected chi connectivity index (χ1v) is 14.9. The molecule has 0 radical (unpaired) electrons. The highest BCUT2D eigenvalue weighted by atomic mass is 19.4. The second kappa shape index (κ2) is 13.7. The van der Waals surface area contributed by atoms with Gasteiger partial charge in [-0.1, -0.05) is 12.1 Å². The normalized spacial score (nSPS) is 14.1. The van der Waals surface area contributed by atoms with Crippen LogP contribution in [-0.2, 0) is 17.5 Å². The van der Waals surface area contributed by atoms with Gasteiger partial charge in [-0.15, -0.1) is 0 Å². The molecule has 14 heteroatoms. The van der Waals surface area contributed by atoms with Gasteiger partial charge in [-0.25, -0.2) is 24.7 Å². The van der Waals surface area contributed by atoms with Gasteiger partial charge in [-0.3, -0.25) is 9.69 Å². The number of hydrogen-bond acceptors (Lipinski definition) is 9. The molecule has 4 aromatic rings. The number of aryl methyl sites for hydroxylation is 1. The lowest BCUT2D eigenvalue weighted by Gasteiger charge is -2.36. The lowest BCUT2D eigenvalue weighted by molar-refractivity contribution is -0.138. The predicted octanol–water partition coefficient (Wildman–Crippen LogP) is 6.31. The number of anilines is 3. The third-order valence-corrected chi connectivity index (χ3v) is 7.35. The molecule has 2 amide bonds. The highest BCUT2D eigenvalue weighted by molar-refractivity contribution is 6.04. The van der Waals surface area contributed by atoms with Crippen molar-refractivity contribution in [3.8, 4) is 11.3 Å². The van der Waals surface area contributed by atoms with Crippen molar-refractivity contribution >= 4 is 29.3 Å². The number of halogens is 3. The van der Waals surface area contributed by atoms with Crippen LogP contribution >= 0.6 is 0 Å². The maximum atomic E-state index is 14.2. The summed E-state index contributed by atoms with van der Waals surface area (Å²) in [6.07, 6.45) is 1.15. The topological polar surface area (TPSA) is 125 Å². The standard InChI is InChI=1S/C33H35F3N8O3/c1-21-5-8-25(16-28(21)42-30-39-10-9-27(41-30)24-17-37-20-38-18-24)40-29(45)22-6-7-23(26(15-22)33(34,35)36)19-43-11-13-44(14-12-43)31(46)47-32(2,3)4/h5-10,15-18,20H,11-14,19H2,1-4H3,(H,40,45)(H,39,41,42). The lowest BCUT2D eigenvalue weighted by Crippen LogP contribution is -2.49. The van der Waals surface area contributed by atoms with Crippen molar-refractivity contribution in [1.29, 1.82) is 0 Å². The summed E-state index contributed by atoms with van der Waals surface area (Å²) in [7, 11) is 0. The lowest BCUT2D eigenvalue weighted by atomic mass is 10.0. The predicted molar refractivity (Wildman–Crippen MR) is 170 cm³/mol. The van der Waals surface area contributed by atoms with Gasteiger partial charge in [-0.2, -0.15) is 13.2 Å². The number of hydrogen-bond donors (Lipinski definition) is 2. The van der Waals surface area contributed by atoms with Crippen LogP contribution in [0, 0.1) is 6.92 Å². The average molecular weight is 649 g/mol. The minimum absolute atomic E-state index is 0.0203. The zero-order valence-corrected chi connectivity index (χ0v) is 26.4. The van der Waals surface area contributed by atoms with Crippen molar-refractivity contribution in [3.63, 3.8) is 0 Å². The molecule has 2 aromatic heterocycles. The largest absolute Gasteiger partial charge is 0.444 e. The Morgan fingerprint density at radius 3 is 2.36 bits per heavy atom. The fourth-order valence-corrected chi connectivity index (χ4v) is 4.94. The molecule has 246 valence electrons. The molecule has 0 saturated carbocycles. The molecule has 1 fully saturated rings. The highest BCUT2D eigenvalue weighted by Crippen LogP contribution is 2.34. The SMILES string of the molecule is Cc1ccc(NC(=O)c2ccc(CN3CCN(C(=O)OC(C)(C)C)CC3)c(C(F)(F)F)c2)cc1Nc1nccc(-c2cncnc2)n1. The number of carbonyl (C=O) groups excluding carboxylic acids is 2. The highest BCUT2D eigenvalue weighted by Gasteiger charge is 2.35. The Kier molecular flexibility index (Phi) is 9.70. The molecule has 2 aromatic carbocycles. The molecule has 5 rings (SSSR count). The van der Waals surface area contributed by atoms with Gasteiger partial charge in [-0.05, 0) is 69.2 Å². The molecule has 0 bridgehead atoms. The second-order valence-corrected chi connectivity index (χ2v) is 12.1. The molecule has 1 aliphatic heterocycles. The van der Waals surface area contributed by atoms with E-state index in [0.29, 0.717) is 54.8 Å². The molecule has 0 aliphatic carbocycles. The first-order valence-electron chi connectivity index (χ1n) is 14.9. The van der Waals surface area contributed by atoms with E-state index in [0.717, 1.165) is 11.6 Å². The minimum Gasteiger partial charge on any atom is -0.444 e. The number of carbonyl (C=O) groups is 2. The minimum atomic E-state index is -4.68. The smallest absolute Gasteiger partial charge is 0.416 e. The summed E-state index contributed by atoms with van der Waals surface area (Å²) in [5.74, 6) is -0.389. The number of amides is 2. The maximum Gasteiger partial charge on any atom is 0.416 e. The number of nitrogens with one attached hydrogen (secondary N) is 2. The quantitative estimate of drug-likeness (QED) is 0.237. The van der Waals surface area contributed by atoms with Crippen LogP contribution in [0.15, 0.2) is 67.4 Å². The number of nitrogens with zero attached hydrogens (tertiary/aromatic N) is 6. The Morgan fingerprint density at radius 1 is 0.957 bits per heavy atom. The molecular weight excluding hydrogens is 613 g/mol. The van der Waals surface area contributed by atoms with Gasteiger partial charge in [0.05, 0.1) is 11.3 Å². The number of rotatable bonds is 7. The van der Waals surface area contributed by atoms with Gasteiger partial charge >= 0.3 is 12.3 Å². The number of benzene rings is 2. The van der Waals surface area contributed by atoms with Crippen molar-refractivity contribution < 1.29 is 27.5 Å². The van der Waals surface area contributed by atoms with Crippen molar-refractivity contribution in [2.45, 2.75) is 46.0 Å². The number of alkyl halides is 3. The van der Waals surface area contributed by atoms with Crippen LogP contribution in [0.1, 0.15) is 47.8 Å². The summed E-state index contributed by atoms with van der Waals surface area (Å²) in [6.45, 7) is 8.65. The zero-order chi connectivity index (χ0) is 33.8. The van der Waals surface area contributed by atoms with Crippen LogP contribution in [-0.4, -0.2) is 73.5 Å². The number of ether oxygens (including phenoxy) is 1. The van der Waals surface area contributed by atoms with Crippen LogP contribution in [0.25, 0.3) is 11.3 Å². The van der Waals surface area contributed by atoms with Gasteiger partial charge in [0, 0.05) is 73.8 Å². The fourth-order valence-electron chi connectivity index (χ4n) is 4.94. The molecule has 2 N–H and O–H groups in total. The van der Waals surface area contributed by atoms with Crippen LogP contribution in [0.5, 0.6) is 0 Å². The Bertz CT molecular complexity index is 1740. The van der Waals surface area contributed by atoms with E-state index >= 15 is 0 Å². The maximum absolute atomic E-state index is 14.2. The summed E-state index contributed by atoms with van der Waals surface area (Å²) < 4.78 is 48.0. The van der Waals surface area contributed by atoms with Crippen LogP contribution in [0.4, 0.5) is 35.3 Å². The van der Waals surface area contributed by atoms with Gasteiger partial charge < -0.3 is 20.3 Å². The van der Waals surface area contributed by atoms with Crippen molar-refractivity contribution in [3.05, 3.63) is 89.6 Å². The molecule has 1 aliphatic rings. The van der Waals surface area contributed by atoms with E-state index in [9.17, 15) is 22.8 Å². The third kappa shape index (κ3) is 8.79. The van der Waals surface area contributed by atoms with E-state index in [4.69, 9.17) is 4.74 Å².